The molecule has 280 valence electrons. The molecule has 48 heavy (non-hydrogen) atoms. The van der Waals surface area contributed by atoms with Crippen molar-refractivity contribution in [3.63, 3.8) is 0 Å². The zero-order valence-electron chi connectivity index (χ0n) is 31.1. The topological polar surface area (TPSA) is 154 Å². The van der Waals surface area contributed by atoms with Crippen molar-refractivity contribution in [2.45, 2.75) is 67.1 Å². The van der Waals surface area contributed by atoms with E-state index in [1.165, 1.54) is 16.7 Å². The molecule has 1 aliphatic rings. The molecule has 0 spiro atoms. The van der Waals surface area contributed by atoms with Crippen LogP contribution in [-0.2, 0) is 37.8 Å². The molecule has 0 atom stereocenters. The van der Waals surface area contributed by atoms with E-state index in [1.54, 1.807) is 0 Å². The first-order valence-electron chi connectivity index (χ1n) is 17.3. The number of hydrogen-bond donors (Lipinski definition) is 4. The minimum atomic E-state index is -0.837. The highest BCUT2D eigenvalue weighted by Gasteiger charge is 2.18. The Morgan fingerprint density at radius 1 is 0.750 bits per heavy atom. The number of likely N-dealkylation sites (N-methyl/N-ethyl adjacent to an activating group) is 1. The van der Waals surface area contributed by atoms with E-state index in [0.717, 1.165) is 63.9 Å². The summed E-state index contributed by atoms with van der Waals surface area (Å²) in [7, 11) is 1.00. The van der Waals surface area contributed by atoms with E-state index in [4.69, 9.17) is 15.0 Å². The summed E-state index contributed by atoms with van der Waals surface area (Å²) in [6.07, 6.45) is 3.01. The van der Waals surface area contributed by atoms with Gasteiger partial charge in [-0.25, -0.2) is 0 Å². The van der Waals surface area contributed by atoms with E-state index in [2.05, 4.69) is 59.0 Å². The standard InChI is InChI=1S/C29H49N5O4S.2C2H6.CH2O2.CH4O/c1-4-25-19-26(5-2)21-27(20-25)24-39-18-7-30-28(36)22-33-13-11-32(16-17-35)10-8-31(6-3)9-12-34(15-14-33)23-29(37)38;2*1-2;2-1-3;1-2/h17,19-21H,4-16,18,22-24H2,1-3H3,(H,30,36)(H,37,38);2*1-2H3;1H,(H,2,3);2H,1H3. The number of nitrogens with zero attached hydrogens (tertiary/aromatic N) is 4. The first-order valence-corrected chi connectivity index (χ1v) is 18.5. The van der Waals surface area contributed by atoms with Gasteiger partial charge in [-0.3, -0.25) is 29.1 Å². The zero-order valence-corrected chi connectivity index (χ0v) is 31.9. The molecular weight excluding hydrogens is 634 g/mol. The zero-order chi connectivity index (χ0) is 37.2. The minimum absolute atomic E-state index is 0.00695. The summed E-state index contributed by atoms with van der Waals surface area (Å²) in [4.78, 5) is 52.3. The molecule has 1 aromatic carbocycles. The molecule has 1 aromatic rings. The van der Waals surface area contributed by atoms with Crippen molar-refractivity contribution in [3.8, 4) is 0 Å². The highest BCUT2D eigenvalue weighted by atomic mass is 32.2. The van der Waals surface area contributed by atoms with Crippen LogP contribution >= 0.6 is 11.8 Å². The number of rotatable bonds is 14. The van der Waals surface area contributed by atoms with Crippen LogP contribution in [-0.4, -0.2) is 157 Å². The number of aliphatic carboxylic acids is 1. The molecule has 0 aromatic heterocycles. The van der Waals surface area contributed by atoms with Crippen molar-refractivity contribution >= 4 is 36.4 Å². The van der Waals surface area contributed by atoms with Crippen LogP contribution in [0.15, 0.2) is 18.2 Å². The van der Waals surface area contributed by atoms with Crippen molar-refractivity contribution < 1.29 is 34.5 Å². The number of carbonyl (C=O) groups is 4. The van der Waals surface area contributed by atoms with Gasteiger partial charge in [-0.15, -0.1) is 0 Å². The lowest BCUT2D eigenvalue weighted by Gasteiger charge is -2.32. The van der Waals surface area contributed by atoms with E-state index in [0.29, 0.717) is 45.8 Å². The van der Waals surface area contributed by atoms with Crippen LogP contribution in [0.5, 0.6) is 0 Å². The molecule has 2 rings (SSSR count). The Labute approximate surface area is 295 Å². The Bertz CT molecular complexity index is 920. The molecule has 1 aliphatic heterocycles. The van der Waals surface area contributed by atoms with Crippen molar-refractivity contribution in [1.29, 1.82) is 0 Å². The van der Waals surface area contributed by atoms with Crippen LogP contribution < -0.4 is 5.32 Å². The Balaban J connectivity index is -0.00000205. The first-order chi connectivity index (χ1) is 23.3. The number of aliphatic hydroxyl groups is 1. The van der Waals surface area contributed by atoms with Gasteiger partial charge in [-0.05, 0) is 36.1 Å². The maximum Gasteiger partial charge on any atom is 0.317 e. The number of nitrogens with one attached hydrogen (secondary N) is 1. The molecule has 0 bridgehead atoms. The normalized spacial score (nSPS) is 14.7. The SMILES string of the molecule is CC.CC.CCc1cc(CC)cc(CSCCNC(=O)CN2CCN(CC=O)CCN(CC)CCN(CC(=O)O)CC2)c1.CO.O=CO. The number of aldehydes is 1. The summed E-state index contributed by atoms with van der Waals surface area (Å²) in [5.74, 6) is 0.922. The number of carbonyl (C=O) groups excluding carboxylic acids is 2. The van der Waals surface area contributed by atoms with E-state index in [9.17, 15) is 19.5 Å². The summed E-state index contributed by atoms with van der Waals surface area (Å²) in [6, 6.07) is 6.84. The fraction of sp³-hybridized carbons (Fsp3) is 0.714. The van der Waals surface area contributed by atoms with Gasteiger partial charge >= 0.3 is 5.97 Å². The third-order valence-electron chi connectivity index (χ3n) is 7.20. The number of thioether (sulfide) groups is 1. The van der Waals surface area contributed by atoms with Gasteiger partial charge in [0.25, 0.3) is 6.47 Å². The van der Waals surface area contributed by atoms with Crippen LogP contribution in [0.25, 0.3) is 0 Å². The molecule has 1 heterocycles. The molecule has 12 nitrogen and oxygen atoms in total. The first kappa shape index (κ1) is 49.8. The molecule has 1 saturated heterocycles. The monoisotopic (exact) mass is 701 g/mol. The fourth-order valence-corrected chi connectivity index (χ4v) is 5.53. The Kier molecular flexibility index (Phi) is 37.1. The Hall–Kier alpha value is -2.55. The number of amides is 1. The quantitative estimate of drug-likeness (QED) is 0.167. The summed E-state index contributed by atoms with van der Waals surface area (Å²) >= 11 is 1.83. The van der Waals surface area contributed by atoms with E-state index in [1.807, 2.05) is 44.4 Å². The van der Waals surface area contributed by atoms with Gasteiger partial charge in [0, 0.05) is 77.5 Å². The molecule has 4 N–H and O–H groups in total. The molecule has 13 heteroatoms. The lowest BCUT2D eigenvalue weighted by Crippen LogP contribution is -2.49. The Morgan fingerprint density at radius 3 is 1.58 bits per heavy atom. The molecule has 0 unspecified atom stereocenters. The van der Waals surface area contributed by atoms with Gasteiger partial charge in [0.15, 0.2) is 0 Å². The molecule has 0 aliphatic carbocycles. The number of carboxylic acid groups (broad SMARTS) is 2. The van der Waals surface area contributed by atoms with Gasteiger partial charge in [-0.1, -0.05) is 66.7 Å². The summed E-state index contributed by atoms with van der Waals surface area (Å²) in [5, 5.41) is 26.3. The minimum Gasteiger partial charge on any atom is -0.483 e. The molecule has 0 radical (unpaired) electrons. The summed E-state index contributed by atoms with van der Waals surface area (Å²) in [6.45, 7) is 21.9. The maximum absolute atomic E-state index is 12.8. The third-order valence-corrected chi connectivity index (χ3v) is 8.23. The fourth-order valence-electron chi connectivity index (χ4n) is 4.73. The van der Waals surface area contributed by atoms with Gasteiger partial charge in [0.1, 0.15) is 6.29 Å². The summed E-state index contributed by atoms with van der Waals surface area (Å²) < 4.78 is 0. The molecule has 1 amide bonds. The highest BCUT2D eigenvalue weighted by molar-refractivity contribution is 7.98. The van der Waals surface area contributed by atoms with Crippen LogP contribution in [0.1, 0.15) is 65.2 Å². The van der Waals surface area contributed by atoms with Crippen molar-refractivity contribution in [1.82, 2.24) is 24.9 Å². The van der Waals surface area contributed by atoms with Crippen LogP contribution in [0.3, 0.4) is 0 Å². The van der Waals surface area contributed by atoms with Gasteiger partial charge in [0.05, 0.1) is 19.6 Å². The number of aliphatic hydroxyl groups excluding tert-OH is 1. The molecular formula is C35H67N5O7S. The molecule has 0 saturated carbocycles. The second-order valence-electron chi connectivity index (χ2n) is 10.2. The smallest absolute Gasteiger partial charge is 0.317 e. The van der Waals surface area contributed by atoms with Crippen LogP contribution in [0.2, 0.25) is 0 Å². The predicted octanol–water partition coefficient (Wildman–Crippen LogP) is 3.05. The van der Waals surface area contributed by atoms with E-state index >= 15 is 0 Å². The Morgan fingerprint density at radius 2 is 1.17 bits per heavy atom. The lowest BCUT2D eigenvalue weighted by molar-refractivity contribution is -0.138. The van der Waals surface area contributed by atoms with Crippen molar-refractivity contribution in [2.24, 2.45) is 0 Å². The predicted molar refractivity (Wildman–Crippen MR) is 199 cm³/mol. The lowest BCUT2D eigenvalue weighted by atomic mass is 10.0. The largest absolute Gasteiger partial charge is 0.483 e. The number of hydrogen-bond acceptors (Lipinski definition) is 10. The van der Waals surface area contributed by atoms with E-state index < -0.39 is 5.97 Å². The highest BCUT2D eigenvalue weighted by Crippen LogP contribution is 2.17. The second-order valence-corrected chi connectivity index (χ2v) is 11.3. The number of aryl methyl sites for hydroxylation is 2. The maximum atomic E-state index is 12.8. The van der Waals surface area contributed by atoms with E-state index in [-0.39, 0.29) is 25.5 Å². The van der Waals surface area contributed by atoms with Crippen LogP contribution in [0, 0.1) is 0 Å². The van der Waals surface area contributed by atoms with Gasteiger partial charge < -0.3 is 30.3 Å². The second kappa shape index (κ2) is 35.7. The third kappa shape index (κ3) is 26.4. The van der Waals surface area contributed by atoms with Gasteiger partial charge in [0.2, 0.25) is 5.91 Å². The molecule has 1 fully saturated rings. The van der Waals surface area contributed by atoms with Crippen molar-refractivity contribution in [2.75, 3.05) is 97.9 Å². The van der Waals surface area contributed by atoms with Crippen molar-refractivity contribution in [3.05, 3.63) is 34.9 Å². The number of carboxylic acids is 1. The number of benzene rings is 1. The summed E-state index contributed by atoms with van der Waals surface area (Å²) in [5.41, 5.74) is 4.09. The van der Waals surface area contributed by atoms with Crippen LogP contribution in [0.4, 0.5) is 0 Å². The van der Waals surface area contributed by atoms with Gasteiger partial charge in [-0.2, -0.15) is 11.8 Å². The average molecular weight is 702 g/mol. The average Bonchev–Trinajstić information content (AvgIpc) is 3.10.